The molecule has 138 valence electrons. The van der Waals surface area contributed by atoms with Crippen LogP contribution in [0.5, 0.6) is 0 Å². The molecule has 26 heavy (non-hydrogen) atoms. The largest absolute Gasteiger partial charge is 0.266 e. The van der Waals surface area contributed by atoms with Crippen LogP contribution in [0.15, 0.2) is 60.7 Å². The van der Waals surface area contributed by atoms with Crippen LogP contribution >= 0.6 is 0 Å². The number of hydrogen-bond donors (Lipinski definition) is 2. The summed E-state index contributed by atoms with van der Waals surface area (Å²) in [7, 11) is -2.62. The van der Waals surface area contributed by atoms with Crippen LogP contribution in [-0.4, -0.2) is 18.2 Å². The molecule has 2 N–H and O–H groups in total. The van der Waals surface area contributed by atoms with Crippen LogP contribution in [0.3, 0.4) is 0 Å². The minimum atomic E-state index is -2.62. The van der Waals surface area contributed by atoms with Gasteiger partial charge in [0.2, 0.25) is 0 Å². The van der Waals surface area contributed by atoms with Gasteiger partial charge in [0.15, 0.2) is 16.7 Å². The van der Waals surface area contributed by atoms with Gasteiger partial charge >= 0.3 is 0 Å². The molecule has 2 aromatic carbocycles. The minimum absolute atomic E-state index is 0.172. The Labute approximate surface area is 154 Å². The summed E-state index contributed by atoms with van der Waals surface area (Å²) in [6.07, 6.45) is 1.10. The SMILES string of the molecule is CCn1nc(Cc2ccccc2)c(F)c1Cc1ccccc1.N[SH](=O)=O. The molecule has 0 fully saturated rings. The second-order valence-electron chi connectivity index (χ2n) is 5.63. The highest BCUT2D eigenvalue weighted by Gasteiger charge is 2.17. The topological polar surface area (TPSA) is 78.0 Å². The average Bonchev–Trinajstić information content (AvgIpc) is 2.92. The van der Waals surface area contributed by atoms with Gasteiger partial charge in [-0.2, -0.15) is 5.10 Å². The number of benzene rings is 2. The van der Waals surface area contributed by atoms with Crippen LogP contribution in [0.1, 0.15) is 29.4 Å². The lowest BCUT2D eigenvalue weighted by atomic mass is 10.1. The van der Waals surface area contributed by atoms with Crippen LogP contribution in [0, 0.1) is 5.82 Å². The number of rotatable bonds is 5. The molecule has 0 unspecified atom stereocenters. The molecule has 0 aliphatic carbocycles. The molecule has 5 nitrogen and oxygen atoms in total. The minimum Gasteiger partial charge on any atom is -0.266 e. The van der Waals surface area contributed by atoms with Gasteiger partial charge in [-0.1, -0.05) is 60.7 Å². The van der Waals surface area contributed by atoms with Crippen molar-refractivity contribution in [3.8, 4) is 0 Å². The standard InChI is InChI=1S/C19H19FN2.H3NO2S/c1-2-22-18(14-16-11-7-4-8-12-16)19(20)17(21-22)13-15-9-5-3-6-10-15;1-4(2)3/h3-12H,2,13-14H2,1H3;4H,(H2,1,2,3). The van der Waals surface area contributed by atoms with Gasteiger partial charge in [-0.15, -0.1) is 0 Å². The molecule has 0 radical (unpaired) electrons. The molecule has 0 amide bonds. The van der Waals surface area contributed by atoms with Crippen LogP contribution < -0.4 is 5.14 Å². The lowest BCUT2D eigenvalue weighted by Crippen LogP contribution is -2.04. The molecule has 0 bridgehead atoms. The first-order chi connectivity index (χ1) is 12.5. The van der Waals surface area contributed by atoms with E-state index in [1.54, 1.807) is 4.68 Å². The molecule has 1 heterocycles. The van der Waals surface area contributed by atoms with E-state index in [0.717, 1.165) is 11.1 Å². The molecule has 0 saturated heterocycles. The first-order valence-corrected chi connectivity index (χ1v) is 9.47. The van der Waals surface area contributed by atoms with E-state index in [1.807, 2.05) is 67.6 Å². The fourth-order valence-corrected chi connectivity index (χ4v) is 2.65. The number of nitrogens with zero attached hydrogens (tertiary/aromatic N) is 2. The Morgan fingerprint density at radius 1 is 0.962 bits per heavy atom. The van der Waals surface area contributed by atoms with Gasteiger partial charge in [-0.3, -0.25) is 4.68 Å². The van der Waals surface area contributed by atoms with Gasteiger partial charge in [-0.25, -0.2) is 17.9 Å². The van der Waals surface area contributed by atoms with Crippen LogP contribution in [-0.2, 0) is 30.3 Å². The third-order valence-corrected chi connectivity index (χ3v) is 3.79. The van der Waals surface area contributed by atoms with Gasteiger partial charge in [0.25, 0.3) is 0 Å². The summed E-state index contributed by atoms with van der Waals surface area (Å²) in [6.45, 7) is 2.67. The summed E-state index contributed by atoms with van der Waals surface area (Å²) in [6, 6.07) is 19.9. The summed E-state index contributed by atoms with van der Waals surface area (Å²) in [5, 5.41) is 8.53. The van der Waals surface area contributed by atoms with Gasteiger partial charge < -0.3 is 0 Å². The van der Waals surface area contributed by atoms with Crippen LogP contribution in [0.2, 0.25) is 0 Å². The Kier molecular flexibility index (Phi) is 7.50. The molecular formula is C19H22FN3O2S. The third-order valence-electron chi connectivity index (χ3n) is 3.79. The van der Waals surface area contributed by atoms with E-state index in [9.17, 15) is 4.39 Å². The van der Waals surface area contributed by atoms with Crippen molar-refractivity contribution in [3.63, 3.8) is 0 Å². The van der Waals surface area contributed by atoms with E-state index in [1.165, 1.54) is 0 Å². The van der Waals surface area contributed by atoms with E-state index in [-0.39, 0.29) is 5.82 Å². The third kappa shape index (κ3) is 5.79. The van der Waals surface area contributed by atoms with Crippen LogP contribution in [0.25, 0.3) is 0 Å². The number of halogens is 1. The van der Waals surface area contributed by atoms with Gasteiger partial charge in [0.1, 0.15) is 5.69 Å². The number of nitrogens with two attached hydrogens (primary N) is 1. The van der Waals surface area contributed by atoms with E-state index < -0.39 is 10.9 Å². The van der Waals surface area contributed by atoms with E-state index in [0.29, 0.717) is 30.8 Å². The Bertz CT molecular complexity index is 886. The van der Waals surface area contributed by atoms with Crippen molar-refractivity contribution in [2.75, 3.05) is 0 Å². The summed E-state index contributed by atoms with van der Waals surface area (Å²) in [5.74, 6) is -0.172. The Morgan fingerprint density at radius 2 is 1.42 bits per heavy atom. The lowest BCUT2D eigenvalue weighted by molar-refractivity contribution is 0.581. The molecule has 0 aliphatic heterocycles. The molecule has 3 rings (SSSR count). The molecule has 7 heteroatoms. The lowest BCUT2D eigenvalue weighted by Gasteiger charge is -2.04. The zero-order chi connectivity index (χ0) is 18.9. The summed E-state index contributed by atoms with van der Waals surface area (Å²) < 4.78 is 34.2. The van der Waals surface area contributed by atoms with E-state index in [2.05, 4.69) is 10.2 Å². The van der Waals surface area contributed by atoms with Crippen molar-refractivity contribution in [1.29, 1.82) is 0 Å². The van der Waals surface area contributed by atoms with E-state index >= 15 is 0 Å². The number of aromatic nitrogens is 2. The monoisotopic (exact) mass is 375 g/mol. The highest BCUT2D eigenvalue weighted by molar-refractivity contribution is 7.69. The van der Waals surface area contributed by atoms with Gasteiger partial charge in [0.05, 0.1) is 5.69 Å². The average molecular weight is 375 g/mol. The Morgan fingerprint density at radius 3 is 1.88 bits per heavy atom. The zero-order valence-electron chi connectivity index (χ0n) is 14.5. The summed E-state index contributed by atoms with van der Waals surface area (Å²) in [4.78, 5) is 0. The number of thiol groups is 1. The first-order valence-electron chi connectivity index (χ1n) is 8.22. The fourth-order valence-electron chi connectivity index (χ4n) is 2.65. The molecule has 1 aromatic heterocycles. The molecule has 3 aromatic rings. The van der Waals surface area contributed by atoms with Crippen molar-refractivity contribution in [2.45, 2.75) is 26.3 Å². The second kappa shape index (κ2) is 9.84. The fraction of sp³-hybridized carbons (Fsp3) is 0.211. The maximum atomic E-state index is 14.8. The van der Waals surface area contributed by atoms with Crippen molar-refractivity contribution in [1.82, 2.24) is 9.78 Å². The number of hydrogen-bond acceptors (Lipinski definition) is 3. The molecule has 0 spiro atoms. The predicted octanol–water partition coefficient (Wildman–Crippen LogP) is 2.70. The van der Waals surface area contributed by atoms with Crippen molar-refractivity contribution in [2.24, 2.45) is 5.14 Å². The molecular weight excluding hydrogens is 353 g/mol. The highest BCUT2D eigenvalue weighted by Crippen LogP contribution is 2.19. The Hall–Kier alpha value is -2.51. The van der Waals surface area contributed by atoms with E-state index in [4.69, 9.17) is 8.42 Å². The smallest absolute Gasteiger partial charge is 0.198 e. The maximum Gasteiger partial charge on any atom is 0.198 e. The normalized spacial score (nSPS) is 10.5. The quantitative estimate of drug-likeness (QED) is 0.673. The van der Waals surface area contributed by atoms with Crippen molar-refractivity contribution in [3.05, 3.63) is 89.0 Å². The van der Waals surface area contributed by atoms with Crippen molar-refractivity contribution < 1.29 is 12.8 Å². The summed E-state index contributed by atoms with van der Waals surface area (Å²) >= 11 is 0. The predicted molar refractivity (Wildman–Crippen MR) is 101 cm³/mol. The molecule has 0 saturated carbocycles. The van der Waals surface area contributed by atoms with Crippen LogP contribution in [0.4, 0.5) is 4.39 Å². The maximum absolute atomic E-state index is 14.8. The first kappa shape index (κ1) is 19.8. The second-order valence-corrected chi connectivity index (χ2v) is 6.20. The Balaban J connectivity index is 0.000000552. The van der Waals surface area contributed by atoms with Gasteiger partial charge in [-0.05, 0) is 18.1 Å². The molecule has 0 aliphatic rings. The number of aryl methyl sites for hydroxylation is 1. The summed E-state index contributed by atoms with van der Waals surface area (Å²) in [5.41, 5.74) is 3.37. The van der Waals surface area contributed by atoms with Gasteiger partial charge in [0, 0.05) is 19.4 Å². The molecule has 0 atom stereocenters. The zero-order valence-corrected chi connectivity index (χ0v) is 15.4. The highest BCUT2D eigenvalue weighted by atomic mass is 32.2. The van der Waals surface area contributed by atoms with Crippen molar-refractivity contribution >= 4 is 10.9 Å².